The molecule has 0 radical (unpaired) electrons. The fourth-order valence-corrected chi connectivity index (χ4v) is 6.85. The number of para-hydroxylation sites is 1. The van der Waals surface area contributed by atoms with E-state index in [1.165, 1.54) is 33.4 Å². The van der Waals surface area contributed by atoms with Crippen LogP contribution in [-0.4, -0.2) is 0 Å². The Morgan fingerprint density at radius 2 is 1.18 bits per heavy atom. The summed E-state index contributed by atoms with van der Waals surface area (Å²) in [7, 11) is 0. The highest BCUT2D eigenvalue weighted by molar-refractivity contribution is 6.30. The molecule has 8 rings (SSSR count). The third-order valence-corrected chi connectivity index (χ3v) is 8.46. The maximum atomic E-state index is 6.63. The number of furan rings is 1. The van der Waals surface area contributed by atoms with E-state index in [9.17, 15) is 0 Å². The van der Waals surface area contributed by atoms with Crippen molar-refractivity contribution in [2.75, 3.05) is 0 Å². The fourth-order valence-electron chi connectivity index (χ4n) is 6.66. The first-order chi connectivity index (χ1) is 19.2. The Kier molecular flexibility index (Phi) is 4.86. The van der Waals surface area contributed by atoms with Crippen LogP contribution in [0, 0.1) is 0 Å². The number of halogens is 1. The molecule has 0 saturated carbocycles. The van der Waals surface area contributed by atoms with Crippen molar-refractivity contribution in [1.29, 1.82) is 0 Å². The van der Waals surface area contributed by atoms with E-state index in [0.29, 0.717) is 0 Å². The van der Waals surface area contributed by atoms with Gasteiger partial charge in [-0.2, -0.15) is 0 Å². The predicted molar refractivity (Wildman–Crippen MR) is 161 cm³/mol. The summed E-state index contributed by atoms with van der Waals surface area (Å²) in [5, 5.41) is 3.02. The van der Waals surface area contributed by atoms with Gasteiger partial charge in [0.1, 0.15) is 11.2 Å². The van der Waals surface area contributed by atoms with Crippen LogP contribution in [0.3, 0.4) is 0 Å². The molecule has 0 aliphatic heterocycles. The minimum absolute atomic E-state index is 0.489. The van der Waals surface area contributed by atoms with Crippen LogP contribution in [0.5, 0.6) is 0 Å². The fraction of sp³-hybridized carbons (Fsp3) is 0.0270. The summed E-state index contributed by atoms with van der Waals surface area (Å²) in [5.74, 6) is 0. The summed E-state index contributed by atoms with van der Waals surface area (Å²) < 4.78 is 6.28. The molecule has 1 aliphatic carbocycles. The van der Waals surface area contributed by atoms with E-state index < -0.39 is 5.41 Å². The van der Waals surface area contributed by atoms with Crippen LogP contribution in [0.1, 0.15) is 22.3 Å². The lowest BCUT2D eigenvalue weighted by Crippen LogP contribution is -2.28. The molecule has 0 amide bonds. The highest BCUT2D eigenvalue weighted by atomic mass is 35.5. The first-order valence-electron chi connectivity index (χ1n) is 13.2. The van der Waals surface area contributed by atoms with Crippen LogP contribution in [0.2, 0.25) is 5.02 Å². The summed E-state index contributed by atoms with van der Waals surface area (Å²) in [6, 6.07) is 49.5. The van der Waals surface area contributed by atoms with Crippen molar-refractivity contribution < 1.29 is 4.42 Å². The second kappa shape index (κ2) is 8.46. The molecule has 0 bridgehead atoms. The molecule has 0 fully saturated rings. The summed E-state index contributed by atoms with van der Waals surface area (Å²) in [4.78, 5) is 0. The van der Waals surface area contributed by atoms with E-state index in [0.717, 1.165) is 38.1 Å². The predicted octanol–water partition coefficient (Wildman–Crippen LogP) is 10.3. The second-order valence-corrected chi connectivity index (χ2v) is 10.6. The summed E-state index contributed by atoms with van der Waals surface area (Å²) in [5.41, 5.74) is 11.1. The smallest absolute Gasteiger partial charge is 0.136 e. The minimum atomic E-state index is -0.489. The third-order valence-electron chi connectivity index (χ3n) is 8.22. The molecule has 1 aromatic heterocycles. The Labute approximate surface area is 231 Å². The lowest BCUT2D eigenvalue weighted by atomic mass is 9.67. The topological polar surface area (TPSA) is 13.1 Å². The molecule has 2 heteroatoms. The standard InChI is InChI=1S/C37H23ClO/c38-27-13-8-12-26(23-27)37(25-10-2-1-3-11-25)32-17-6-4-15-31(32)36-28(16-9-18-33(36)37)24-20-21-30-29-14-5-7-19-34(29)39-35(30)22-24/h1-23H. The van der Waals surface area contributed by atoms with E-state index in [1.807, 2.05) is 18.2 Å². The maximum Gasteiger partial charge on any atom is 0.136 e. The van der Waals surface area contributed by atoms with Gasteiger partial charge in [0.25, 0.3) is 0 Å². The molecule has 39 heavy (non-hydrogen) atoms. The lowest BCUT2D eigenvalue weighted by molar-refractivity contribution is 0.669. The van der Waals surface area contributed by atoms with Crippen molar-refractivity contribution in [3.05, 3.63) is 167 Å². The number of rotatable bonds is 3. The van der Waals surface area contributed by atoms with Gasteiger partial charge in [0.15, 0.2) is 0 Å². The molecule has 0 saturated heterocycles. The molecular weight excluding hydrogens is 496 g/mol. The zero-order valence-electron chi connectivity index (χ0n) is 21.1. The van der Waals surface area contributed by atoms with Crippen molar-refractivity contribution in [2.24, 2.45) is 0 Å². The van der Waals surface area contributed by atoms with Crippen LogP contribution < -0.4 is 0 Å². The van der Waals surface area contributed by atoms with Crippen molar-refractivity contribution in [2.45, 2.75) is 5.41 Å². The van der Waals surface area contributed by atoms with Crippen molar-refractivity contribution in [3.8, 4) is 22.3 Å². The molecule has 7 aromatic rings. The largest absolute Gasteiger partial charge is 0.456 e. The molecule has 0 N–H and O–H groups in total. The summed E-state index contributed by atoms with van der Waals surface area (Å²) in [6.45, 7) is 0. The first kappa shape index (κ1) is 22.4. The molecular formula is C37H23ClO. The molecule has 6 aromatic carbocycles. The lowest BCUT2D eigenvalue weighted by Gasteiger charge is -2.34. The van der Waals surface area contributed by atoms with Gasteiger partial charge in [-0.1, -0.05) is 121 Å². The maximum absolute atomic E-state index is 6.63. The van der Waals surface area contributed by atoms with Crippen LogP contribution in [0.25, 0.3) is 44.2 Å². The average molecular weight is 519 g/mol. The van der Waals surface area contributed by atoms with Crippen LogP contribution in [-0.2, 0) is 5.41 Å². The Balaban J connectivity index is 1.46. The zero-order valence-corrected chi connectivity index (χ0v) is 21.8. The van der Waals surface area contributed by atoms with E-state index in [-0.39, 0.29) is 0 Å². The number of hydrogen-bond donors (Lipinski definition) is 0. The van der Waals surface area contributed by atoms with Gasteiger partial charge in [-0.3, -0.25) is 0 Å². The van der Waals surface area contributed by atoms with E-state index >= 15 is 0 Å². The van der Waals surface area contributed by atoms with Gasteiger partial charge in [0, 0.05) is 15.8 Å². The van der Waals surface area contributed by atoms with Crippen LogP contribution in [0.15, 0.2) is 144 Å². The minimum Gasteiger partial charge on any atom is -0.456 e. The Morgan fingerprint density at radius 1 is 0.487 bits per heavy atom. The van der Waals surface area contributed by atoms with Gasteiger partial charge in [0.05, 0.1) is 5.41 Å². The quantitative estimate of drug-likeness (QED) is 0.227. The van der Waals surface area contributed by atoms with E-state index in [1.54, 1.807) is 0 Å². The average Bonchev–Trinajstić information content (AvgIpc) is 3.51. The third kappa shape index (κ3) is 3.14. The second-order valence-electron chi connectivity index (χ2n) is 10.2. The van der Waals surface area contributed by atoms with Crippen LogP contribution in [0.4, 0.5) is 0 Å². The molecule has 1 heterocycles. The van der Waals surface area contributed by atoms with E-state index in [2.05, 4.69) is 121 Å². The van der Waals surface area contributed by atoms with Crippen LogP contribution >= 0.6 is 11.6 Å². The number of benzene rings is 6. The Morgan fingerprint density at radius 3 is 2.08 bits per heavy atom. The number of hydrogen-bond acceptors (Lipinski definition) is 1. The monoisotopic (exact) mass is 518 g/mol. The highest BCUT2D eigenvalue weighted by Crippen LogP contribution is 2.58. The Bertz CT molecular complexity index is 2030. The molecule has 1 unspecified atom stereocenters. The molecule has 1 nitrogen and oxygen atoms in total. The van der Waals surface area contributed by atoms with Gasteiger partial charge in [-0.05, 0) is 74.8 Å². The SMILES string of the molecule is Clc1cccc(C2(c3ccccc3)c3ccccc3-c3c(-c4ccc5c(c4)oc4ccccc45)cccc32)c1. The summed E-state index contributed by atoms with van der Waals surface area (Å²) in [6.07, 6.45) is 0. The highest BCUT2D eigenvalue weighted by Gasteiger charge is 2.46. The zero-order chi connectivity index (χ0) is 26.0. The summed E-state index contributed by atoms with van der Waals surface area (Å²) >= 11 is 6.63. The number of fused-ring (bicyclic) bond motifs is 6. The van der Waals surface area contributed by atoms with Gasteiger partial charge in [-0.25, -0.2) is 0 Å². The molecule has 184 valence electrons. The first-order valence-corrected chi connectivity index (χ1v) is 13.6. The van der Waals surface area contributed by atoms with Crippen molar-refractivity contribution in [1.82, 2.24) is 0 Å². The van der Waals surface area contributed by atoms with Crippen molar-refractivity contribution >= 4 is 33.5 Å². The van der Waals surface area contributed by atoms with Gasteiger partial charge >= 0.3 is 0 Å². The van der Waals surface area contributed by atoms with Gasteiger partial charge in [0.2, 0.25) is 0 Å². The Hall–Kier alpha value is -4.59. The van der Waals surface area contributed by atoms with Gasteiger partial charge < -0.3 is 4.42 Å². The normalized spacial score (nSPS) is 15.9. The molecule has 1 atom stereocenters. The van der Waals surface area contributed by atoms with Gasteiger partial charge in [-0.15, -0.1) is 0 Å². The molecule has 1 aliphatic rings. The molecule has 0 spiro atoms. The van der Waals surface area contributed by atoms with Crippen molar-refractivity contribution in [3.63, 3.8) is 0 Å². The van der Waals surface area contributed by atoms with E-state index in [4.69, 9.17) is 16.0 Å².